The van der Waals surface area contributed by atoms with E-state index in [9.17, 15) is 9.59 Å². The van der Waals surface area contributed by atoms with Crippen molar-refractivity contribution in [1.82, 2.24) is 4.90 Å². The second kappa shape index (κ2) is 6.54. The second-order valence-corrected chi connectivity index (χ2v) is 6.29. The summed E-state index contributed by atoms with van der Waals surface area (Å²) >= 11 is 0. The number of nitrogens with one attached hydrogen (secondary N) is 1. The molecule has 1 saturated heterocycles. The van der Waals surface area contributed by atoms with Gasteiger partial charge in [-0.15, -0.1) is 0 Å². The molecule has 1 aliphatic heterocycles. The molecule has 1 aromatic heterocycles. The van der Waals surface area contributed by atoms with Gasteiger partial charge in [0.2, 0.25) is 5.91 Å². The highest BCUT2D eigenvalue weighted by atomic mass is 16.4. The van der Waals surface area contributed by atoms with E-state index in [0.29, 0.717) is 11.3 Å². The maximum absolute atomic E-state index is 12.6. The van der Waals surface area contributed by atoms with E-state index in [4.69, 9.17) is 4.42 Å². The molecule has 1 aliphatic rings. The minimum atomic E-state index is -0.373. The first-order chi connectivity index (χ1) is 11.0. The molecule has 1 unspecified atom stereocenters. The van der Waals surface area contributed by atoms with Crippen LogP contribution in [0.3, 0.4) is 0 Å². The van der Waals surface area contributed by atoms with Crippen LogP contribution >= 0.6 is 0 Å². The summed E-state index contributed by atoms with van der Waals surface area (Å²) < 4.78 is 5.23. The first kappa shape index (κ1) is 15.7. The van der Waals surface area contributed by atoms with E-state index < -0.39 is 0 Å². The number of aryl methyl sites for hydroxylation is 1. The van der Waals surface area contributed by atoms with Gasteiger partial charge in [-0.25, -0.2) is 4.79 Å². The standard InChI is InChI=1S/C18H22N2O3/c1-12-10-17(21)23-16-11-13(7-8-14(12)16)19-18(22)15-6-4-3-5-9-20(15)2/h7-8,10-11,15H,3-6,9H2,1-2H3,(H,19,22). The number of hydrogen-bond acceptors (Lipinski definition) is 4. The molecule has 1 amide bonds. The zero-order chi connectivity index (χ0) is 16.4. The van der Waals surface area contributed by atoms with Gasteiger partial charge in [0.25, 0.3) is 0 Å². The molecule has 0 aliphatic carbocycles. The highest BCUT2D eigenvalue weighted by molar-refractivity contribution is 5.96. The number of amides is 1. The summed E-state index contributed by atoms with van der Waals surface area (Å²) in [6.07, 6.45) is 4.27. The third-order valence-corrected chi connectivity index (χ3v) is 4.54. The molecule has 1 atom stereocenters. The lowest BCUT2D eigenvalue weighted by Gasteiger charge is -2.24. The lowest BCUT2D eigenvalue weighted by atomic mass is 10.1. The number of carbonyl (C=O) groups is 1. The first-order valence-electron chi connectivity index (χ1n) is 8.10. The fourth-order valence-corrected chi connectivity index (χ4v) is 3.21. The van der Waals surface area contributed by atoms with Crippen molar-refractivity contribution >= 4 is 22.6 Å². The summed E-state index contributed by atoms with van der Waals surface area (Å²) in [7, 11) is 2.00. The molecule has 1 aromatic carbocycles. The topological polar surface area (TPSA) is 62.6 Å². The van der Waals surface area contributed by atoms with E-state index in [1.54, 1.807) is 6.07 Å². The molecule has 2 heterocycles. The minimum Gasteiger partial charge on any atom is -0.423 e. The molecule has 1 N–H and O–H groups in total. The van der Waals surface area contributed by atoms with Crippen molar-refractivity contribution in [2.75, 3.05) is 18.9 Å². The van der Waals surface area contributed by atoms with Crippen LogP contribution in [0.5, 0.6) is 0 Å². The third-order valence-electron chi connectivity index (χ3n) is 4.54. The lowest BCUT2D eigenvalue weighted by molar-refractivity contribution is -0.120. The monoisotopic (exact) mass is 314 g/mol. The van der Waals surface area contributed by atoms with Crippen LogP contribution in [0.25, 0.3) is 11.0 Å². The van der Waals surface area contributed by atoms with Crippen molar-refractivity contribution in [2.24, 2.45) is 0 Å². The molecule has 5 heteroatoms. The molecule has 122 valence electrons. The van der Waals surface area contributed by atoms with Crippen molar-refractivity contribution in [3.8, 4) is 0 Å². The number of benzene rings is 1. The number of likely N-dealkylation sites (N-methyl/N-ethyl adjacent to an activating group) is 1. The first-order valence-corrected chi connectivity index (χ1v) is 8.10. The van der Waals surface area contributed by atoms with Crippen LogP contribution in [-0.2, 0) is 4.79 Å². The minimum absolute atomic E-state index is 0.00347. The Labute approximate surface area is 135 Å². The van der Waals surface area contributed by atoms with Crippen LogP contribution in [0.15, 0.2) is 33.5 Å². The van der Waals surface area contributed by atoms with Gasteiger partial charge in [0, 0.05) is 23.2 Å². The van der Waals surface area contributed by atoms with Crippen LogP contribution in [-0.4, -0.2) is 30.4 Å². The number of fused-ring (bicyclic) bond motifs is 1. The number of rotatable bonds is 2. The summed E-state index contributed by atoms with van der Waals surface area (Å²) in [5, 5.41) is 3.84. The van der Waals surface area contributed by atoms with E-state index in [-0.39, 0.29) is 17.6 Å². The van der Waals surface area contributed by atoms with Crippen LogP contribution in [0.4, 0.5) is 5.69 Å². The largest absolute Gasteiger partial charge is 0.423 e. The van der Waals surface area contributed by atoms with Gasteiger partial charge in [-0.05, 0) is 51.1 Å². The normalized spacial score (nSPS) is 19.5. The van der Waals surface area contributed by atoms with E-state index in [0.717, 1.165) is 36.8 Å². The van der Waals surface area contributed by atoms with E-state index in [1.165, 1.54) is 12.5 Å². The van der Waals surface area contributed by atoms with Crippen LogP contribution < -0.4 is 10.9 Å². The molecule has 2 aromatic rings. The zero-order valence-corrected chi connectivity index (χ0v) is 13.6. The number of likely N-dealkylation sites (tertiary alicyclic amines) is 1. The quantitative estimate of drug-likeness (QED) is 0.866. The average molecular weight is 314 g/mol. The van der Waals surface area contributed by atoms with Crippen LogP contribution in [0.2, 0.25) is 0 Å². The molecule has 0 saturated carbocycles. The third kappa shape index (κ3) is 3.45. The molecule has 1 fully saturated rings. The van der Waals surface area contributed by atoms with Crippen LogP contribution in [0.1, 0.15) is 31.2 Å². The van der Waals surface area contributed by atoms with Gasteiger partial charge in [-0.2, -0.15) is 0 Å². The summed E-state index contributed by atoms with van der Waals surface area (Å²) in [6, 6.07) is 6.82. The Morgan fingerprint density at radius 2 is 2.09 bits per heavy atom. The number of anilines is 1. The Balaban J connectivity index is 1.83. The highest BCUT2D eigenvalue weighted by Crippen LogP contribution is 2.22. The fourth-order valence-electron chi connectivity index (χ4n) is 3.21. The predicted octanol–water partition coefficient (Wildman–Crippen LogP) is 2.91. The van der Waals surface area contributed by atoms with Gasteiger partial charge in [-0.3, -0.25) is 9.69 Å². The van der Waals surface area contributed by atoms with Crippen molar-refractivity contribution in [1.29, 1.82) is 0 Å². The van der Waals surface area contributed by atoms with Gasteiger partial charge < -0.3 is 9.73 Å². The molecule has 0 radical (unpaired) electrons. The Morgan fingerprint density at radius 1 is 1.26 bits per heavy atom. The molecular formula is C18H22N2O3. The molecule has 3 rings (SSSR count). The van der Waals surface area contributed by atoms with E-state index in [2.05, 4.69) is 10.2 Å². The second-order valence-electron chi connectivity index (χ2n) is 6.29. The maximum atomic E-state index is 12.6. The Hall–Kier alpha value is -2.14. The molecule has 5 nitrogen and oxygen atoms in total. The summed E-state index contributed by atoms with van der Waals surface area (Å²) in [4.78, 5) is 26.2. The van der Waals surface area contributed by atoms with Crippen molar-refractivity contribution in [3.63, 3.8) is 0 Å². The van der Waals surface area contributed by atoms with Gasteiger partial charge in [-0.1, -0.05) is 12.8 Å². The van der Waals surface area contributed by atoms with Gasteiger partial charge in [0.15, 0.2) is 0 Å². The van der Waals surface area contributed by atoms with Crippen molar-refractivity contribution in [3.05, 3.63) is 40.2 Å². The molecule has 0 bridgehead atoms. The van der Waals surface area contributed by atoms with E-state index >= 15 is 0 Å². The van der Waals surface area contributed by atoms with Gasteiger partial charge in [0.05, 0.1) is 6.04 Å². The number of hydrogen-bond donors (Lipinski definition) is 1. The lowest BCUT2D eigenvalue weighted by Crippen LogP contribution is -2.41. The van der Waals surface area contributed by atoms with Gasteiger partial charge in [0.1, 0.15) is 5.58 Å². The fraction of sp³-hybridized carbons (Fsp3) is 0.444. The molecule has 23 heavy (non-hydrogen) atoms. The van der Waals surface area contributed by atoms with Gasteiger partial charge >= 0.3 is 5.63 Å². The van der Waals surface area contributed by atoms with Crippen molar-refractivity contribution in [2.45, 2.75) is 38.6 Å². The molecule has 0 spiro atoms. The average Bonchev–Trinajstić information content (AvgIpc) is 2.71. The summed E-state index contributed by atoms with van der Waals surface area (Å²) in [5.74, 6) is 0.00347. The highest BCUT2D eigenvalue weighted by Gasteiger charge is 2.24. The van der Waals surface area contributed by atoms with Crippen molar-refractivity contribution < 1.29 is 9.21 Å². The smallest absolute Gasteiger partial charge is 0.336 e. The zero-order valence-electron chi connectivity index (χ0n) is 13.6. The Bertz CT molecular complexity index is 781. The maximum Gasteiger partial charge on any atom is 0.336 e. The Morgan fingerprint density at radius 3 is 2.91 bits per heavy atom. The van der Waals surface area contributed by atoms with E-state index in [1.807, 2.05) is 26.1 Å². The number of carbonyl (C=O) groups excluding carboxylic acids is 1. The Kier molecular flexibility index (Phi) is 4.48. The number of nitrogens with zero attached hydrogens (tertiary/aromatic N) is 1. The summed E-state index contributed by atoms with van der Waals surface area (Å²) in [6.45, 7) is 2.82. The predicted molar refractivity (Wildman–Crippen MR) is 90.7 cm³/mol. The SMILES string of the molecule is Cc1cc(=O)oc2cc(NC(=O)C3CCCCCN3C)ccc12. The molecular weight excluding hydrogens is 292 g/mol. The summed E-state index contributed by atoms with van der Waals surface area (Å²) in [5.41, 5.74) is 1.66. The van der Waals surface area contributed by atoms with Crippen LogP contribution in [0, 0.1) is 6.92 Å².